The van der Waals surface area contributed by atoms with Crippen LogP contribution in [0.5, 0.6) is 0 Å². The van der Waals surface area contributed by atoms with Gasteiger partial charge >= 0.3 is 6.03 Å². The number of hydrogen-bond acceptors (Lipinski definition) is 3. The highest BCUT2D eigenvalue weighted by molar-refractivity contribution is 5.76. The molecule has 1 heterocycles. The lowest BCUT2D eigenvalue weighted by molar-refractivity contribution is 0.135. The summed E-state index contributed by atoms with van der Waals surface area (Å²) in [5.74, 6) is 0. The zero-order valence-corrected chi connectivity index (χ0v) is 9.31. The van der Waals surface area contributed by atoms with Gasteiger partial charge in [-0.3, -0.25) is 0 Å². The Bertz CT molecular complexity index is 199. The van der Waals surface area contributed by atoms with Crippen LogP contribution in [0.15, 0.2) is 0 Å². The molecule has 88 valence electrons. The molecule has 0 bridgehead atoms. The first-order valence-corrected chi connectivity index (χ1v) is 5.52. The average Bonchev–Trinajstić information content (AvgIpc) is 2.57. The number of aliphatic hydroxyl groups excluding tert-OH is 1. The Morgan fingerprint density at radius 1 is 1.33 bits per heavy atom. The summed E-state index contributed by atoms with van der Waals surface area (Å²) >= 11 is 0. The largest absolute Gasteiger partial charge is 0.395 e. The molecule has 0 saturated carbocycles. The van der Waals surface area contributed by atoms with Gasteiger partial charge in [-0.2, -0.15) is 0 Å². The monoisotopic (exact) mass is 216 g/mol. The molecule has 1 N–H and O–H groups in total. The second kappa shape index (κ2) is 6.63. The van der Waals surface area contributed by atoms with E-state index in [4.69, 9.17) is 9.84 Å². The van der Waals surface area contributed by atoms with Crippen LogP contribution in [-0.4, -0.2) is 66.9 Å². The van der Waals surface area contributed by atoms with Gasteiger partial charge in [-0.1, -0.05) is 0 Å². The Hall–Kier alpha value is -0.810. The summed E-state index contributed by atoms with van der Waals surface area (Å²) in [6.45, 7) is 6.13. The van der Waals surface area contributed by atoms with Crippen molar-refractivity contribution in [1.29, 1.82) is 0 Å². The third-order valence-corrected chi connectivity index (χ3v) is 2.47. The van der Waals surface area contributed by atoms with Gasteiger partial charge in [0.15, 0.2) is 0 Å². The summed E-state index contributed by atoms with van der Waals surface area (Å²) in [4.78, 5) is 15.2. The lowest BCUT2D eigenvalue weighted by atomic mass is 10.4. The van der Waals surface area contributed by atoms with Crippen molar-refractivity contribution in [2.75, 3.05) is 46.0 Å². The molecule has 1 rings (SSSR count). The minimum absolute atomic E-state index is 0.0402. The summed E-state index contributed by atoms with van der Waals surface area (Å²) in [6.07, 6.45) is 0.881. The molecule has 0 atom stereocenters. The molecule has 0 unspecified atom stereocenters. The minimum Gasteiger partial charge on any atom is -0.395 e. The van der Waals surface area contributed by atoms with E-state index in [0.29, 0.717) is 13.2 Å². The standard InChI is InChI=1S/C10H20N2O3/c1-2-15-9-3-4-11-5-6-12(7-8-13)10(11)14/h13H,2-9H2,1H3. The SMILES string of the molecule is CCOCCCN1CCN(CCO)C1=O. The van der Waals surface area contributed by atoms with E-state index in [0.717, 1.165) is 32.7 Å². The van der Waals surface area contributed by atoms with Crippen LogP contribution in [0.4, 0.5) is 4.79 Å². The molecule has 1 saturated heterocycles. The topological polar surface area (TPSA) is 53.0 Å². The summed E-state index contributed by atoms with van der Waals surface area (Å²) in [5.41, 5.74) is 0. The van der Waals surface area contributed by atoms with Crippen molar-refractivity contribution in [3.63, 3.8) is 0 Å². The number of aliphatic hydroxyl groups is 1. The number of urea groups is 1. The first kappa shape index (κ1) is 12.3. The molecular weight excluding hydrogens is 196 g/mol. The molecule has 0 spiro atoms. The van der Waals surface area contributed by atoms with E-state index in [9.17, 15) is 4.79 Å². The zero-order chi connectivity index (χ0) is 11.1. The average molecular weight is 216 g/mol. The third kappa shape index (κ3) is 3.68. The van der Waals surface area contributed by atoms with Crippen LogP contribution in [0.3, 0.4) is 0 Å². The molecular formula is C10H20N2O3. The van der Waals surface area contributed by atoms with Gasteiger partial charge in [0, 0.05) is 39.4 Å². The second-order valence-corrected chi connectivity index (χ2v) is 3.53. The van der Waals surface area contributed by atoms with Gasteiger partial charge in [0.1, 0.15) is 0 Å². The molecule has 5 heteroatoms. The molecule has 1 aliphatic heterocycles. The maximum atomic E-state index is 11.7. The molecule has 5 nitrogen and oxygen atoms in total. The van der Waals surface area contributed by atoms with Crippen molar-refractivity contribution < 1.29 is 14.6 Å². The van der Waals surface area contributed by atoms with Crippen LogP contribution >= 0.6 is 0 Å². The van der Waals surface area contributed by atoms with E-state index in [-0.39, 0.29) is 12.6 Å². The van der Waals surface area contributed by atoms with E-state index < -0.39 is 0 Å². The van der Waals surface area contributed by atoms with Crippen LogP contribution in [0.25, 0.3) is 0 Å². The molecule has 1 fully saturated rings. The number of β-amino-alcohol motifs (C(OH)–C–C–N with tert-alkyl or cyclic N) is 1. The number of hydrogen-bond donors (Lipinski definition) is 1. The number of carbonyl (C=O) groups is 1. The quantitative estimate of drug-likeness (QED) is 0.616. The highest BCUT2D eigenvalue weighted by Gasteiger charge is 2.26. The van der Waals surface area contributed by atoms with E-state index in [1.165, 1.54) is 0 Å². The first-order chi connectivity index (χ1) is 7.29. The fraction of sp³-hybridized carbons (Fsp3) is 0.900. The second-order valence-electron chi connectivity index (χ2n) is 3.53. The van der Waals surface area contributed by atoms with Crippen LogP contribution in [0.1, 0.15) is 13.3 Å². The molecule has 0 radical (unpaired) electrons. The van der Waals surface area contributed by atoms with Gasteiger partial charge in [-0.15, -0.1) is 0 Å². The van der Waals surface area contributed by atoms with Crippen molar-refractivity contribution in [2.45, 2.75) is 13.3 Å². The fourth-order valence-corrected chi connectivity index (χ4v) is 1.67. The Morgan fingerprint density at radius 2 is 2.00 bits per heavy atom. The highest BCUT2D eigenvalue weighted by Crippen LogP contribution is 2.08. The van der Waals surface area contributed by atoms with Gasteiger partial charge in [-0.05, 0) is 13.3 Å². The highest BCUT2D eigenvalue weighted by atomic mass is 16.5. The van der Waals surface area contributed by atoms with Gasteiger partial charge < -0.3 is 19.6 Å². The third-order valence-electron chi connectivity index (χ3n) is 2.47. The van der Waals surface area contributed by atoms with Crippen LogP contribution in [0, 0.1) is 0 Å². The van der Waals surface area contributed by atoms with Gasteiger partial charge in [0.2, 0.25) is 0 Å². The first-order valence-electron chi connectivity index (χ1n) is 5.52. The predicted octanol–water partition coefficient (Wildman–Crippen LogP) is 0.143. The Labute approximate surface area is 90.6 Å². The number of nitrogens with zero attached hydrogens (tertiary/aromatic N) is 2. The van der Waals surface area contributed by atoms with Crippen LogP contribution in [0.2, 0.25) is 0 Å². The summed E-state index contributed by atoms with van der Waals surface area (Å²) in [5, 5.41) is 8.74. The normalized spacial score (nSPS) is 16.5. The summed E-state index contributed by atoms with van der Waals surface area (Å²) in [7, 11) is 0. The summed E-state index contributed by atoms with van der Waals surface area (Å²) < 4.78 is 5.21. The lowest BCUT2D eigenvalue weighted by Crippen LogP contribution is -2.34. The molecule has 15 heavy (non-hydrogen) atoms. The number of rotatable bonds is 7. The zero-order valence-electron chi connectivity index (χ0n) is 9.31. The van der Waals surface area contributed by atoms with Crippen molar-refractivity contribution >= 4 is 6.03 Å². The molecule has 0 aromatic heterocycles. The van der Waals surface area contributed by atoms with E-state index in [1.807, 2.05) is 11.8 Å². The van der Waals surface area contributed by atoms with E-state index in [2.05, 4.69) is 0 Å². The van der Waals surface area contributed by atoms with Gasteiger partial charge in [0.05, 0.1) is 6.61 Å². The molecule has 0 aromatic carbocycles. The van der Waals surface area contributed by atoms with Crippen molar-refractivity contribution in [2.24, 2.45) is 0 Å². The van der Waals surface area contributed by atoms with Crippen molar-refractivity contribution in [1.82, 2.24) is 9.80 Å². The maximum absolute atomic E-state index is 11.7. The minimum atomic E-state index is 0.0402. The van der Waals surface area contributed by atoms with E-state index in [1.54, 1.807) is 4.90 Å². The number of carbonyl (C=O) groups excluding carboxylic acids is 1. The number of amides is 2. The molecule has 2 amide bonds. The predicted molar refractivity (Wildman–Crippen MR) is 56.7 cm³/mol. The van der Waals surface area contributed by atoms with Gasteiger partial charge in [-0.25, -0.2) is 4.79 Å². The smallest absolute Gasteiger partial charge is 0.320 e. The number of ether oxygens (including phenoxy) is 1. The lowest BCUT2D eigenvalue weighted by Gasteiger charge is -2.17. The Kier molecular flexibility index (Phi) is 5.42. The van der Waals surface area contributed by atoms with Crippen molar-refractivity contribution in [3.8, 4) is 0 Å². The summed E-state index contributed by atoms with van der Waals surface area (Å²) in [6, 6.07) is 0.0422. The van der Waals surface area contributed by atoms with Crippen molar-refractivity contribution in [3.05, 3.63) is 0 Å². The Morgan fingerprint density at radius 3 is 2.60 bits per heavy atom. The van der Waals surface area contributed by atoms with Gasteiger partial charge in [0.25, 0.3) is 0 Å². The van der Waals surface area contributed by atoms with E-state index >= 15 is 0 Å². The molecule has 0 aliphatic carbocycles. The molecule has 1 aliphatic rings. The Balaban J connectivity index is 2.18. The maximum Gasteiger partial charge on any atom is 0.320 e. The molecule has 0 aromatic rings. The van der Waals surface area contributed by atoms with Crippen LogP contribution in [-0.2, 0) is 4.74 Å². The fourth-order valence-electron chi connectivity index (χ4n) is 1.67. The van der Waals surface area contributed by atoms with Crippen LogP contribution < -0.4 is 0 Å².